The van der Waals surface area contributed by atoms with Crippen molar-refractivity contribution in [3.05, 3.63) is 72.0 Å². The topological polar surface area (TPSA) is 50.4 Å². The molecule has 1 aliphatic rings. The van der Waals surface area contributed by atoms with Gasteiger partial charge in [-0.05, 0) is 47.9 Å². The molecule has 0 aromatic heterocycles. The number of carbonyl (C=O) groups excluding carboxylic acids is 1. The number of amides is 1. The first-order valence-electron chi connectivity index (χ1n) is 9.15. The predicted octanol–water partition coefficient (Wildman–Crippen LogP) is 4.82. The Morgan fingerprint density at radius 2 is 1.96 bits per heavy atom. The van der Waals surface area contributed by atoms with Crippen molar-refractivity contribution in [1.29, 1.82) is 0 Å². The number of hydrogen-bond acceptors (Lipinski definition) is 3. The van der Waals surface area contributed by atoms with E-state index in [4.69, 9.17) is 4.74 Å². The van der Waals surface area contributed by atoms with Crippen molar-refractivity contribution in [2.75, 3.05) is 23.8 Å². The molecule has 138 valence electrons. The summed E-state index contributed by atoms with van der Waals surface area (Å²) in [5.41, 5.74) is 1.40. The van der Waals surface area contributed by atoms with Crippen LogP contribution in [0.1, 0.15) is 23.2 Å². The summed E-state index contributed by atoms with van der Waals surface area (Å²) in [6.45, 7) is 1.35. The Balaban J connectivity index is 1.47. The van der Waals surface area contributed by atoms with Crippen molar-refractivity contribution in [3.8, 4) is 0 Å². The van der Waals surface area contributed by atoms with Gasteiger partial charge in [0.05, 0.1) is 11.8 Å². The van der Waals surface area contributed by atoms with Gasteiger partial charge in [-0.15, -0.1) is 0 Å². The zero-order valence-corrected chi connectivity index (χ0v) is 14.9. The fourth-order valence-corrected chi connectivity index (χ4v) is 3.39. The first-order chi connectivity index (χ1) is 13.2. The van der Waals surface area contributed by atoms with E-state index in [9.17, 15) is 9.18 Å². The highest BCUT2D eigenvalue weighted by atomic mass is 19.1. The van der Waals surface area contributed by atoms with Gasteiger partial charge >= 0.3 is 0 Å². The van der Waals surface area contributed by atoms with E-state index in [1.54, 1.807) is 18.2 Å². The summed E-state index contributed by atoms with van der Waals surface area (Å²) >= 11 is 0. The molecule has 0 radical (unpaired) electrons. The largest absolute Gasteiger partial charge is 0.380 e. The van der Waals surface area contributed by atoms with Crippen LogP contribution in [0.4, 0.5) is 15.8 Å². The number of hydrogen-bond donors (Lipinski definition) is 2. The Morgan fingerprint density at radius 3 is 2.78 bits per heavy atom. The number of benzene rings is 3. The molecule has 3 aromatic rings. The lowest BCUT2D eigenvalue weighted by molar-refractivity contribution is 0.102. The molecule has 1 aliphatic heterocycles. The van der Waals surface area contributed by atoms with E-state index in [0.29, 0.717) is 23.5 Å². The third kappa shape index (κ3) is 3.93. The molecular weight excluding hydrogens is 343 g/mol. The molecule has 1 heterocycles. The van der Waals surface area contributed by atoms with E-state index in [1.165, 1.54) is 6.07 Å². The van der Waals surface area contributed by atoms with E-state index in [2.05, 4.69) is 10.6 Å². The van der Waals surface area contributed by atoms with Crippen molar-refractivity contribution in [3.63, 3.8) is 0 Å². The lowest BCUT2D eigenvalue weighted by atomic mass is 10.0. The Labute approximate surface area is 157 Å². The van der Waals surface area contributed by atoms with Crippen LogP contribution in [0, 0.1) is 5.82 Å². The second-order valence-corrected chi connectivity index (χ2v) is 6.69. The highest BCUT2D eigenvalue weighted by Gasteiger charge is 2.16. The van der Waals surface area contributed by atoms with Crippen LogP contribution in [0.3, 0.4) is 0 Å². The molecular formula is C22H21FN2O2. The third-order valence-corrected chi connectivity index (χ3v) is 4.81. The minimum atomic E-state index is -0.399. The number of nitrogens with one attached hydrogen (secondary N) is 2. The van der Waals surface area contributed by atoms with Gasteiger partial charge in [0.15, 0.2) is 0 Å². The molecule has 1 saturated heterocycles. The first kappa shape index (κ1) is 17.5. The van der Waals surface area contributed by atoms with Crippen molar-refractivity contribution < 1.29 is 13.9 Å². The van der Waals surface area contributed by atoms with Gasteiger partial charge < -0.3 is 15.4 Å². The van der Waals surface area contributed by atoms with Gasteiger partial charge in [0.25, 0.3) is 5.91 Å². The molecule has 5 heteroatoms. The highest BCUT2D eigenvalue weighted by molar-refractivity contribution is 6.12. The lowest BCUT2D eigenvalue weighted by Crippen LogP contribution is -2.19. The van der Waals surface area contributed by atoms with E-state index in [-0.39, 0.29) is 12.0 Å². The zero-order valence-electron chi connectivity index (χ0n) is 14.9. The van der Waals surface area contributed by atoms with Gasteiger partial charge in [-0.25, -0.2) is 4.39 Å². The summed E-state index contributed by atoms with van der Waals surface area (Å²) < 4.78 is 19.9. The standard InChI is InChI=1S/C22H21FN2O2/c23-20-13-16(10-11-21(20)24-14-17-7-4-12-27-17)25-22(26)19-9-3-6-15-5-1-2-8-18(15)19/h1-3,5-6,8-11,13,17,24H,4,7,12,14H2,(H,25,26). The van der Waals surface area contributed by atoms with Gasteiger partial charge in [-0.1, -0.05) is 36.4 Å². The maximum absolute atomic E-state index is 14.4. The normalized spacial score (nSPS) is 16.4. The van der Waals surface area contributed by atoms with Crippen molar-refractivity contribution >= 4 is 28.1 Å². The molecule has 0 spiro atoms. The lowest BCUT2D eigenvalue weighted by Gasteiger charge is -2.13. The molecule has 0 bridgehead atoms. The number of fused-ring (bicyclic) bond motifs is 1. The smallest absolute Gasteiger partial charge is 0.256 e. The van der Waals surface area contributed by atoms with Crippen molar-refractivity contribution in [2.24, 2.45) is 0 Å². The number of ether oxygens (including phenoxy) is 1. The van der Waals surface area contributed by atoms with Crippen LogP contribution in [0.5, 0.6) is 0 Å². The van der Waals surface area contributed by atoms with Crippen molar-refractivity contribution in [2.45, 2.75) is 18.9 Å². The average molecular weight is 364 g/mol. The molecule has 2 N–H and O–H groups in total. The quantitative estimate of drug-likeness (QED) is 0.682. The second-order valence-electron chi connectivity index (χ2n) is 6.69. The average Bonchev–Trinajstić information content (AvgIpc) is 3.20. The Kier molecular flexibility index (Phi) is 5.03. The van der Waals surface area contributed by atoms with Crippen LogP contribution in [0.2, 0.25) is 0 Å². The van der Waals surface area contributed by atoms with Gasteiger partial charge in [-0.3, -0.25) is 4.79 Å². The third-order valence-electron chi connectivity index (χ3n) is 4.81. The number of anilines is 2. The monoisotopic (exact) mass is 364 g/mol. The molecule has 1 fully saturated rings. The summed E-state index contributed by atoms with van der Waals surface area (Å²) in [7, 11) is 0. The van der Waals surface area contributed by atoms with Gasteiger partial charge in [0, 0.05) is 24.4 Å². The number of carbonyl (C=O) groups is 1. The molecule has 3 aromatic carbocycles. The van der Waals surface area contributed by atoms with Crippen LogP contribution < -0.4 is 10.6 Å². The van der Waals surface area contributed by atoms with Crippen LogP contribution in [0.15, 0.2) is 60.7 Å². The fraction of sp³-hybridized carbons (Fsp3) is 0.227. The van der Waals surface area contributed by atoms with Crippen LogP contribution in [-0.2, 0) is 4.74 Å². The summed E-state index contributed by atoms with van der Waals surface area (Å²) in [6, 6.07) is 17.9. The molecule has 27 heavy (non-hydrogen) atoms. The molecule has 4 rings (SSSR count). The predicted molar refractivity (Wildman–Crippen MR) is 106 cm³/mol. The fourth-order valence-electron chi connectivity index (χ4n) is 3.39. The first-order valence-corrected chi connectivity index (χ1v) is 9.15. The summed E-state index contributed by atoms with van der Waals surface area (Å²) in [5.74, 6) is -0.657. The summed E-state index contributed by atoms with van der Waals surface area (Å²) in [6.07, 6.45) is 2.18. The molecule has 4 nitrogen and oxygen atoms in total. The summed E-state index contributed by atoms with van der Waals surface area (Å²) in [5, 5.41) is 7.72. The number of halogens is 1. The van der Waals surface area contributed by atoms with Crippen molar-refractivity contribution in [1.82, 2.24) is 0 Å². The Hall–Kier alpha value is -2.92. The van der Waals surface area contributed by atoms with Gasteiger partial charge in [0.2, 0.25) is 0 Å². The zero-order chi connectivity index (χ0) is 18.6. The SMILES string of the molecule is O=C(Nc1ccc(NCC2CCCO2)c(F)c1)c1cccc2ccccc12. The maximum atomic E-state index is 14.4. The minimum absolute atomic E-state index is 0.134. The molecule has 1 amide bonds. The Bertz CT molecular complexity index is 962. The van der Waals surface area contributed by atoms with E-state index >= 15 is 0 Å². The maximum Gasteiger partial charge on any atom is 0.256 e. The van der Waals surface area contributed by atoms with E-state index in [1.807, 2.05) is 36.4 Å². The molecule has 1 unspecified atom stereocenters. The second kappa shape index (κ2) is 7.76. The highest BCUT2D eigenvalue weighted by Crippen LogP contribution is 2.23. The minimum Gasteiger partial charge on any atom is -0.380 e. The molecule has 1 atom stereocenters. The number of rotatable bonds is 5. The van der Waals surface area contributed by atoms with Gasteiger partial charge in [0.1, 0.15) is 5.82 Å². The summed E-state index contributed by atoms with van der Waals surface area (Å²) in [4.78, 5) is 12.7. The van der Waals surface area contributed by atoms with Crippen LogP contribution >= 0.6 is 0 Å². The Morgan fingerprint density at radius 1 is 1.11 bits per heavy atom. The van der Waals surface area contributed by atoms with Gasteiger partial charge in [-0.2, -0.15) is 0 Å². The molecule has 0 aliphatic carbocycles. The molecule has 0 saturated carbocycles. The van der Waals surface area contributed by atoms with Crippen LogP contribution in [0.25, 0.3) is 10.8 Å². The van der Waals surface area contributed by atoms with E-state index < -0.39 is 5.82 Å². The van der Waals surface area contributed by atoms with Crippen LogP contribution in [-0.4, -0.2) is 25.2 Å². The van der Waals surface area contributed by atoms with E-state index in [0.717, 1.165) is 30.2 Å².